The highest BCUT2D eigenvalue weighted by Crippen LogP contribution is 2.34. The topological polar surface area (TPSA) is 466 Å². The molecule has 6 heterocycles. The molecule has 6 aliphatic rings. The molecule has 6 aliphatic heterocycles. The van der Waals surface area contributed by atoms with E-state index in [4.69, 9.17) is 38.6 Å². The van der Waals surface area contributed by atoms with Crippen LogP contribution in [-0.4, -0.2) is 238 Å². The molecule has 6 rings (SSSR count). The van der Waals surface area contributed by atoms with Crippen LogP contribution in [0.25, 0.3) is 0 Å². The lowest BCUT2D eigenvalue weighted by atomic mass is 9.78. The van der Waals surface area contributed by atoms with Crippen LogP contribution in [0, 0.1) is 0 Å². The normalized spacial score (nSPS) is 26.6. The molecule has 6 fully saturated rings. The maximum Gasteiger partial charge on any atom is 0.306 e. The number of rotatable bonds is 43. The molecule has 0 amide bonds. The molecule has 6 saturated heterocycles. The van der Waals surface area contributed by atoms with Crippen molar-refractivity contribution < 1.29 is 156 Å². The zero-order valence-corrected chi connectivity index (χ0v) is 88.4. The van der Waals surface area contributed by atoms with Crippen molar-refractivity contribution >= 4 is 71.6 Å². The van der Waals surface area contributed by atoms with Crippen molar-refractivity contribution in [2.45, 2.75) is 537 Å². The number of ether oxygens (including phenoxy) is 6. The maximum atomic E-state index is 12.4. The van der Waals surface area contributed by atoms with E-state index in [0.717, 1.165) is 193 Å². The van der Waals surface area contributed by atoms with Crippen LogP contribution in [0.1, 0.15) is 423 Å². The highest BCUT2D eigenvalue weighted by atomic mass is 16.6. The molecule has 0 spiro atoms. The molecule has 0 atom stereocenters. The first-order valence-electron chi connectivity index (χ1n) is 49.9. The standard InChI is InChI=1S/3C30H56N2O4.2C6H8O7/c3*1-27(2)19-23(20-28(3,4)31(27)9)35-25(33)17-15-13-11-12-14-16-18-26(34)36-24-21-29(5,6)32(10)30(7,8)22-24;2*7-3(8)1-6(13,5(11)12)2-4(9)10/h3*23-24H,11-22H2,1-10H3;2*13H,1-2H2,(H,7,8)(H,9,10)(H,11,12). The Morgan fingerprint density at radius 2 is 0.313 bits per heavy atom. The van der Waals surface area contributed by atoms with Gasteiger partial charge < -0.3 is 127 Å². The molecule has 0 unspecified atom stereocenters. The molecule has 778 valence electrons. The molecular formula is C102H184N6O26. The predicted octanol–water partition coefficient (Wildman–Crippen LogP) is 0.481. The number of aliphatic hydroxyl groups is 2. The minimum absolute atomic E-state index is 0.0267. The van der Waals surface area contributed by atoms with Gasteiger partial charge in [0.25, 0.3) is 0 Å². The fourth-order valence-corrected chi connectivity index (χ4v) is 21.7. The van der Waals surface area contributed by atoms with Gasteiger partial charge in [-0.3, -0.25) is 28.8 Å². The molecule has 0 radical (unpaired) electrons. The fourth-order valence-electron chi connectivity index (χ4n) is 21.7. The van der Waals surface area contributed by atoms with Crippen LogP contribution in [0.3, 0.4) is 0 Å². The van der Waals surface area contributed by atoms with Crippen LogP contribution in [-0.2, 0) is 86.0 Å². The van der Waals surface area contributed by atoms with Crippen molar-refractivity contribution in [2.24, 2.45) is 0 Å². The number of piperidine rings is 6. The number of unbranched alkanes of at least 4 members (excludes halogenated alkanes) is 15. The van der Waals surface area contributed by atoms with E-state index in [9.17, 15) is 88.2 Å². The van der Waals surface area contributed by atoms with Crippen molar-refractivity contribution in [1.29, 1.82) is 0 Å². The minimum atomic E-state index is -2.97. The predicted molar refractivity (Wildman–Crippen MR) is 494 cm³/mol. The van der Waals surface area contributed by atoms with E-state index in [0.29, 0.717) is 38.5 Å². The highest BCUT2D eigenvalue weighted by Gasteiger charge is 2.54. The molecule has 0 aromatic rings. The van der Waals surface area contributed by atoms with Gasteiger partial charge in [0.1, 0.15) is 47.8 Å². The average Bonchev–Trinajstić information content (AvgIpc) is 0.802. The van der Waals surface area contributed by atoms with Crippen LogP contribution in [0.4, 0.5) is 0 Å². The van der Waals surface area contributed by atoms with Gasteiger partial charge in [-0.1, -0.05) is 77.0 Å². The number of carbonyl (C=O) groups excluding carboxylic acids is 12. The van der Waals surface area contributed by atoms with Gasteiger partial charge in [-0.2, -0.15) is 0 Å². The second kappa shape index (κ2) is 52.0. The lowest BCUT2D eigenvalue weighted by Gasteiger charge is -2.49. The van der Waals surface area contributed by atoms with Gasteiger partial charge in [0.05, 0.1) is 121 Å². The zero-order chi connectivity index (χ0) is 103. The monoisotopic (exact) mass is 1910 g/mol. The van der Waals surface area contributed by atoms with Crippen molar-refractivity contribution in [3.05, 3.63) is 0 Å². The van der Waals surface area contributed by atoms with Gasteiger partial charge in [0, 0.05) is 165 Å². The number of carbonyl (C=O) groups is 12. The summed E-state index contributed by atoms with van der Waals surface area (Å²) in [5.74, 6) is -12.2. The third-order valence-corrected chi connectivity index (χ3v) is 31.4. The summed E-state index contributed by atoms with van der Waals surface area (Å²) in [6.07, 6.45) is 27.0. The summed E-state index contributed by atoms with van der Waals surface area (Å²) in [5, 5.41) is 77.9. The Hall–Kier alpha value is -6.68. The number of hydrogen-bond donors (Lipinski definition) is 8. The Kier molecular flexibility index (Phi) is 47.9. The molecular weight excluding hydrogens is 1730 g/mol. The van der Waals surface area contributed by atoms with Gasteiger partial charge in [0.15, 0.2) is 0 Å². The van der Waals surface area contributed by atoms with E-state index in [2.05, 4.69) is 208 Å². The lowest BCUT2D eigenvalue weighted by molar-refractivity contribution is -0.983. The van der Waals surface area contributed by atoms with Crippen molar-refractivity contribution in [3.63, 3.8) is 0 Å². The van der Waals surface area contributed by atoms with Gasteiger partial charge >= 0.3 is 35.8 Å². The van der Waals surface area contributed by atoms with Crippen LogP contribution < -0.4 is 60.0 Å². The first kappa shape index (κ1) is 123. The van der Waals surface area contributed by atoms with Gasteiger partial charge in [0.2, 0.25) is 0 Å². The van der Waals surface area contributed by atoms with Crippen molar-refractivity contribution in [1.82, 2.24) is 0 Å². The Bertz CT molecular complexity index is 3110. The van der Waals surface area contributed by atoms with Crippen molar-refractivity contribution in [3.8, 4) is 0 Å². The Labute approximate surface area is 803 Å². The smallest absolute Gasteiger partial charge is 0.306 e. The molecule has 32 heteroatoms. The number of carboxylic acid groups (broad SMARTS) is 6. The molecule has 0 bridgehead atoms. The summed E-state index contributed by atoms with van der Waals surface area (Å²) >= 11 is 0. The molecule has 134 heavy (non-hydrogen) atoms. The van der Waals surface area contributed by atoms with Crippen LogP contribution in [0.15, 0.2) is 0 Å². The van der Waals surface area contributed by atoms with E-state index in [1.54, 1.807) is 0 Å². The molecule has 32 nitrogen and oxygen atoms in total. The number of nitrogens with one attached hydrogen (secondary N) is 6. The number of esters is 6. The SMILES string of the molecule is C[NH+]1C(C)(C)CC(OC(=O)CCCCCCCCC(=O)OC2CC(C)(C)[NH+](C)C(C)(C)C2)CC1(C)C.C[NH+]1C(C)(C)CC(OC(=O)CCCCCCCCC(=O)OC2CC(C)(C)[NH+](C)C(C)(C)C2)CC1(C)C.C[NH+]1C(C)(C)CC(OC(=O)CCCCCCCCC(=O)OC2CC(C)(C)[NH+](C)C(C)(C)C2)CC1(C)C.O=C([O-])CC(O)(CC(=O)[O-])C(=O)[O-].O=C([O-])CC(O)(CC(=O)[O-])C(=O)[O-]. The van der Waals surface area contributed by atoms with Crippen LogP contribution in [0.2, 0.25) is 0 Å². The second-order valence-corrected chi connectivity index (χ2v) is 48.2. The minimum Gasteiger partial charge on any atom is -0.550 e. The van der Waals surface area contributed by atoms with Gasteiger partial charge in [-0.15, -0.1) is 0 Å². The average molecular weight is 1910 g/mol. The Morgan fingerprint density at radius 1 is 0.216 bits per heavy atom. The van der Waals surface area contributed by atoms with E-state index in [1.165, 1.54) is 29.4 Å². The first-order valence-corrected chi connectivity index (χ1v) is 49.9. The highest BCUT2D eigenvalue weighted by molar-refractivity contribution is 5.87. The van der Waals surface area contributed by atoms with E-state index < -0.39 is 72.7 Å². The maximum absolute atomic E-state index is 12.4. The molecule has 8 N–H and O–H groups in total. The van der Waals surface area contributed by atoms with Crippen LogP contribution in [0.5, 0.6) is 0 Å². The number of hydrogen-bond acceptors (Lipinski definition) is 26. The number of aliphatic carboxylic acids is 6. The third kappa shape index (κ3) is 42.2. The molecule has 0 aromatic carbocycles. The van der Waals surface area contributed by atoms with Gasteiger partial charge in [-0.25, -0.2) is 0 Å². The van der Waals surface area contributed by atoms with Gasteiger partial charge in [-0.05, 0) is 205 Å². The number of likely N-dealkylation sites (tertiary alicyclic amines) is 6. The summed E-state index contributed by atoms with van der Waals surface area (Å²) in [7, 11) is 13.5. The summed E-state index contributed by atoms with van der Waals surface area (Å²) in [6, 6.07) is 0. The fraction of sp³-hybridized carbons (Fsp3) is 0.882. The molecule has 0 aliphatic carbocycles. The summed E-state index contributed by atoms with van der Waals surface area (Å²) in [4.78, 5) is 143. The van der Waals surface area contributed by atoms with E-state index in [-0.39, 0.29) is 139 Å². The Morgan fingerprint density at radius 3 is 0.403 bits per heavy atom. The number of quaternary nitrogens is 6. The Balaban J connectivity index is 0.000000599. The van der Waals surface area contributed by atoms with E-state index in [1.807, 2.05) is 0 Å². The summed E-state index contributed by atoms with van der Waals surface area (Å²) < 4.78 is 35.2. The largest absolute Gasteiger partial charge is 0.550 e. The molecule has 0 aromatic heterocycles. The third-order valence-electron chi connectivity index (χ3n) is 31.4. The lowest BCUT2D eigenvalue weighted by Crippen LogP contribution is -3.24. The van der Waals surface area contributed by atoms with Crippen LogP contribution >= 0.6 is 0 Å². The first-order chi connectivity index (χ1) is 60.9. The molecule has 0 saturated carbocycles. The van der Waals surface area contributed by atoms with Crippen molar-refractivity contribution in [2.75, 3.05) is 42.3 Å². The second-order valence-electron chi connectivity index (χ2n) is 48.2. The zero-order valence-electron chi connectivity index (χ0n) is 88.4. The summed E-state index contributed by atoms with van der Waals surface area (Å²) in [5.41, 5.74) is -4.61. The summed E-state index contributed by atoms with van der Waals surface area (Å²) in [6.45, 7) is 54.4. The quantitative estimate of drug-likeness (QED) is 0.0234. The van der Waals surface area contributed by atoms with E-state index >= 15 is 0 Å². The number of carboxylic acids is 6.